The van der Waals surface area contributed by atoms with Crippen molar-refractivity contribution in [3.63, 3.8) is 0 Å². The second-order valence-corrected chi connectivity index (χ2v) is 19.9. The molecule has 0 spiro atoms. The van der Waals surface area contributed by atoms with Crippen LogP contribution in [0.4, 0.5) is 0 Å². The van der Waals surface area contributed by atoms with Crippen LogP contribution in [-0.4, -0.2) is 0 Å². The van der Waals surface area contributed by atoms with Gasteiger partial charge >= 0.3 is 0 Å². The first-order chi connectivity index (χ1) is 26.7. The number of rotatable bonds is 44. The zero-order valence-corrected chi connectivity index (χ0v) is 38.8. The van der Waals surface area contributed by atoms with Crippen molar-refractivity contribution < 1.29 is 0 Å². The SMILES string of the molecule is CCCCCCCC(CCCCC)CCCCCCCCCCCCC(C)CC(C)CCCCCCCCCCCCCCCCCCC1CCCCC1. The zero-order valence-electron chi connectivity index (χ0n) is 38.8. The summed E-state index contributed by atoms with van der Waals surface area (Å²) >= 11 is 0. The molecule has 3 atom stereocenters. The van der Waals surface area contributed by atoms with Crippen LogP contribution >= 0.6 is 0 Å². The summed E-state index contributed by atoms with van der Waals surface area (Å²) in [6.07, 6.45) is 68.6. The van der Waals surface area contributed by atoms with Gasteiger partial charge in [0.15, 0.2) is 0 Å². The molecule has 324 valence electrons. The van der Waals surface area contributed by atoms with Crippen LogP contribution < -0.4 is 0 Å². The summed E-state index contributed by atoms with van der Waals surface area (Å²) in [5.74, 6) is 4.01. The highest BCUT2D eigenvalue weighted by atomic mass is 14.2. The average Bonchev–Trinajstić information content (AvgIpc) is 3.17. The Bertz CT molecular complexity index is 674. The van der Waals surface area contributed by atoms with Crippen LogP contribution in [0.1, 0.15) is 323 Å². The van der Waals surface area contributed by atoms with Gasteiger partial charge in [0.05, 0.1) is 0 Å². The summed E-state index contributed by atoms with van der Waals surface area (Å²) < 4.78 is 0. The second kappa shape index (κ2) is 42.6. The summed E-state index contributed by atoms with van der Waals surface area (Å²) in [6, 6.07) is 0. The quantitative estimate of drug-likeness (QED) is 0.0543. The minimum absolute atomic E-state index is 0.938. The Morgan fingerprint density at radius 3 is 0.963 bits per heavy atom. The van der Waals surface area contributed by atoms with E-state index in [2.05, 4.69) is 27.7 Å². The lowest BCUT2D eigenvalue weighted by atomic mass is 9.85. The fourth-order valence-electron chi connectivity index (χ4n) is 10.3. The van der Waals surface area contributed by atoms with Crippen molar-refractivity contribution >= 4 is 0 Å². The smallest absolute Gasteiger partial charge is 0.0414 e. The van der Waals surface area contributed by atoms with Gasteiger partial charge < -0.3 is 0 Å². The Hall–Kier alpha value is 0. The third kappa shape index (κ3) is 37.6. The standard InChI is InChI=1S/C54H108/c1-5-7-9-28-37-45-53(44-34-8-6-2)46-38-31-27-23-19-18-21-25-30-36-43-52(4)50-51(3)42-35-29-24-20-16-14-12-10-11-13-15-17-22-26-32-39-47-54-48-40-33-41-49-54/h51-54H,5-50H2,1-4H3. The van der Waals surface area contributed by atoms with E-state index in [-0.39, 0.29) is 0 Å². The van der Waals surface area contributed by atoms with Crippen molar-refractivity contribution in [2.45, 2.75) is 323 Å². The highest BCUT2D eigenvalue weighted by molar-refractivity contribution is 4.66. The molecule has 0 heteroatoms. The summed E-state index contributed by atoms with van der Waals surface area (Å²) in [4.78, 5) is 0. The Kier molecular flexibility index (Phi) is 41.0. The Labute approximate surface area is 345 Å². The van der Waals surface area contributed by atoms with Crippen molar-refractivity contribution in [1.82, 2.24) is 0 Å². The molecule has 1 rings (SSSR count). The first kappa shape index (κ1) is 52.0. The van der Waals surface area contributed by atoms with E-state index >= 15 is 0 Å². The van der Waals surface area contributed by atoms with Gasteiger partial charge in [0.25, 0.3) is 0 Å². The number of unbranched alkanes of at least 4 members (excludes halogenated alkanes) is 30. The molecule has 1 aliphatic carbocycles. The highest BCUT2D eigenvalue weighted by Gasteiger charge is 2.13. The largest absolute Gasteiger partial charge is 0.0654 e. The van der Waals surface area contributed by atoms with Crippen molar-refractivity contribution in [3.05, 3.63) is 0 Å². The molecule has 0 radical (unpaired) electrons. The van der Waals surface area contributed by atoms with Crippen molar-refractivity contribution in [2.24, 2.45) is 23.7 Å². The number of hydrogen-bond acceptors (Lipinski definition) is 0. The fraction of sp³-hybridized carbons (Fsp3) is 1.00. The molecular formula is C54H108. The molecule has 1 aliphatic rings. The van der Waals surface area contributed by atoms with Gasteiger partial charge in [-0.05, 0) is 30.1 Å². The van der Waals surface area contributed by atoms with Crippen LogP contribution in [0.15, 0.2) is 0 Å². The average molecular weight is 757 g/mol. The molecule has 0 aromatic heterocycles. The van der Waals surface area contributed by atoms with E-state index in [4.69, 9.17) is 0 Å². The Balaban J connectivity index is 1.78. The molecule has 3 unspecified atom stereocenters. The third-order valence-electron chi connectivity index (χ3n) is 14.1. The molecule has 0 amide bonds. The fourth-order valence-corrected chi connectivity index (χ4v) is 10.3. The van der Waals surface area contributed by atoms with Gasteiger partial charge in [0, 0.05) is 0 Å². The molecule has 54 heavy (non-hydrogen) atoms. The maximum absolute atomic E-state index is 2.54. The molecule has 0 aliphatic heterocycles. The summed E-state index contributed by atoms with van der Waals surface area (Å²) in [6.45, 7) is 9.77. The topological polar surface area (TPSA) is 0 Å². The number of hydrogen-bond donors (Lipinski definition) is 0. The molecule has 0 nitrogen and oxygen atoms in total. The minimum Gasteiger partial charge on any atom is -0.0654 e. The Morgan fingerprint density at radius 2 is 0.593 bits per heavy atom. The van der Waals surface area contributed by atoms with Crippen molar-refractivity contribution in [3.8, 4) is 0 Å². The molecule has 0 aromatic carbocycles. The monoisotopic (exact) mass is 757 g/mol. The zero-order chi connectivity index (χ0) is 38.8. The van der Waals surface area contributed by atoms with Crippen molar-refractivity contribution in [1.29, 1.82) is 0 Å². The molecule has 1 fully saturated rings. The third-order valence-corrected chi connectivity index (χ3v) is 14.1. The van der Waals surface area contributed by atoms with Crippen LogP contribution in [0.3, 0.4) is 0 Å². The van der Waals surface area contributed by atoms with Gasteiger partial charge in [-0.3, -0.25) is 0 Å². The van der Waals surface area contributed by atoms with Gasteiger partial charge in [0.1, 0.15) is 0 Å². The molecule has 0 aromatic rings. The van der Waals surface area contributed by atoms with Crippen LogP contribution in [-0.2, 0) is 0 Å². The summed E-state index contributed by atoms with van der Waals surface area (Å²) in [5.41, 5.74) is 0. The van der Waals surface area contributed by atoms with Crippen molar-refractivity contribution in [2.75, 3.05) is 0 Å². The van der Waals surface area contributed by atoms with Gasteiger partial charge in [-0.15, -0.1) is 0 Å². The van der Waals surface area contributed by atoms with E-state index in [1.165, 1.54) is 283 Å². The maximum Gasteiger partial charge on any atom is -0.0414 e. The summed E-state index contributed by atoms with van der Waals surface area (Å²) in [7, 11) is 0. The second-order valence-electron chi connectivity index (χ2n) is 19.9. The first-order valence-electron chi connectivity index (χ1n) is 26.7. The molecule has 0 saturated heterocycles. The Morgan fingerprint density at radius 1 is 0.315 bits per heavy atom. The van der Waals surface area contributed by atoms with E-state index < -0.39 is 0 Å². The normalized spacial score (nSPS) is 15.6. The molecular weight excluding hydrogens is 649 g/mol. The van der Waals surface area contributed by atoms with E-state index in [0.29, 0.717) is 0 Å². The molecule has 1 saturated carbocycles. The first-order valence-corrected chi connectivity index (χ1v) is 26.7. The lowest BCUT2D eigenvalue weighted by molar-refractivity contribution is 0.328. The highest BCUT2D eigenvalue weighted by Crippen LogP contribution is 2.29. The van der Waals surface area contributed by atoms with Gasteiger partial charge in [-0.2, -0.15) is 0 Å². The van der Waals surface area contributed by atoms with E-state index in [9.17, 15) is 0 Å². The van der Waals surface area contributed by atoms with Gasteiger partial charge in [-0.1, -0.05) is 317 Å². The van der Waals surface area contributed by atoms with E-state index in [1.54, 1.807) is 12.8 Å². The van der Waals surface area contributed by atoms with Crippen LogP contribution in [0.2, 0.25) is 0 Å². The lowest BCUT2D eigenvalue weighted by Crippen LogP contribution is -2.05. The van der Waals surface area contributed by atoms with E-state index in [0.717, 1.165) is 23.7 Å². The predicted molar refractivity (Wildman–Crippen MR) is 249 cm³/mol. The molecule has 0 N–H and O–H groups in total. The van der Waals surface area contributed by atoms with Crippen LogP contribution in [0, 0.1) is 23.7 Å². The predicted octanol–water partition coefficient (Wildman–Crippen LogP) is 20.5. The molecule has 0 heterocycles. The van der Waals surface area contributed by atoms with Crippen LogP contribution in [0.25, 0.3) is 0 Å². The van der Waals surface area contributed by atoms with Gasteiger partial charge in [0.2, 0.25) is 0 Å². The van der Waals surface area contributed by atoms with Gasteiger partial charge in [-0.25, -0.2) is 0 Å². The minimum atomic E-state index is 0.938. The molecule has 0 bridgehead atoms. The summed E-state index contributed by atoms with van der Waals surface area (Å²) in [5, 5.41) is 0. The lowest BCUT2D eigenvalue weighted by Gasteiger charge is -2.21. The maximum atomic E-state index is 2.54. The van der Waals surface area contributed by atoms with Crippen LogP contribution in [0.5, 0.6) is 0 Å². The van der Waals surface area contributed by atoms with E-state index in [1.807, 2.05) is 0 Å².